The van der Waals surface area contributed by atoms with E-state index in [-0.39, 0.29) is 5.56 Å². The minimum atomic E-state index is -0.108. The summed E-state index contributed by atoms with van der Waals surface area (Å²) in [6.07, 6.45) is 3.60. The molecular formula is C14H12N2O2S. The molecule has 4 nitrogen and oxygen atoms in total. The van der Waals surface area contributed by atoms with E-state index in [0.717, 1.165) is 10.6 Å². The molecule has 3 rings (SSSR count). The summed E-state index contributed by atoms with van der Waals surface area (Å²) in [5, 5.41) is 3.04. The van der Waals surface area contributed by atoms with Gasteiger partial charge in [-0.1, -0.05) is 0 Å². The normalized spacial score (nSPS) is 10.8. The third-order valence-electron chi connectivity index (χ3n) is 2.84. The first-order valence-corrected chi connectivity index (χ1v) is 7.01. The minimum Gasteiger partial charge on any atom is -0.463 e. The number of rotatable bonds is 3. The Morgan fingerprint density at radius 1 is 1.21 bits per heavy atom. The van der Waals surface area contributed by atoms with Crippen molar-refractivity contribution in [2.75, 3.05) is 6.26 Å². The van der Waals surface area contributed by atoms with Gasteiger partial charge in [0, 0.05) is 11.0 Å². The molecule has 5 heteroatoms. The number of nitrogens with one attached hydrogen (secondary N) is 1. The Hall–Kier alpha value is -2.14. The van der Waals surface area contributed by atoms with Gasteiger partial charge in [-0.15, -0.1) is 11.8 Å². The van der Waals surface area contributed by atoms with Crippen molar-refractivity contribution in [1.82, 2.24) is 9.78 Å². The van der Waals surface area contributed by atoms with Crippen LogP contribution in [0.4, 0.5) is 0 Å². The van der Waals surface area contributed by atoms with Crippen molar-refractivity contribution in [1.29, 1.82) is 0 Å². The first kappa shape index (κ1) is 11.9. The summed E-state index contributed by atoms with van der Waals surface area (Å²) in [6, 6.07) is 12.9. The van der Waals surface area contributed by atoms with Crippen LogP contribution in [0.3, 0.4) is 0 Å². The average molecular weight is 272 g/mol. The van der Waals surface area contributed by atoms with Gasteiger partial charge in [-0.3, -0.25) is 9.89 Å². The van der Waals surface area contributed by atoms with Crippen molar-refractivity contribution in [2.45, 2.75) is 4.90 Å². The zero-order chi connectivity index (χ0) is 13.2. The van der Waals surface area contributed by atoms with Gasteiger partial charge < -0.3 is 4.42 Å². The van der Waals surface area contributed by atoms with Crippen molar-refractivity contribution in [3.63, 3.8) is 0 Å². The number of nitrogens with zero attached hydrogens (tertiary/aromatic N) is 1. The molecule has 0 unspecified atom stereocenters. The van der Waals surface area contributed by atoms with Crippen LogP contribution in [-0.2, 0) is 0 Å². The lowest BCUT2D eigenvalue weighted by Gasteiger charge is -2.02. The molecule has 1 aromatic carbocycles. The third-order valence-corrected chi connectivity index (χ3v) is 3.58. The molecule has 19 heavy (non-hydrogen) atoms. The number of H-pyrrole nitrogens is 1. The Morgan fingerprint density at radius 2 is 2.00 bits per heavy atom. The molecule has 96 valence electrons. The highest BCUT2D eigenvalue weighted by molar-refractivity contribution is 7.98. The minimum absolute atomic E-state index is 0.108. The van der Waals surface area contributed by atoms with Gasteiger partial charge in [-0.05, 0) is 42.7 Å². The van der Waals surface area contributed by atoms with Crippen molar-refractivity contribution < 1.29 is 4.42 Å². The lowest BCUT2D eigenvalue weighted by atomic mass is 10.3. The van der Waals surface area contributed by atoms with Gasteiger partial charge in [-0.2, -0.15) is 0 Å². The number of hydrogen-bond acceptors (Lipinski definition) is 3. The summed E-state index contributed by atoms with van der Waals surface area (Å²) in [4.78, 5) is 13.1. The van der Waals surface area contributed by atoms with Crippen LogP contribution in [0.1, 0.15) is 0 Å². The second-order valence-electron chi connectivity index (χ2n) is 4.02. The van der Waals surface area contributed by atoms with Crippen LogP contribution in [0.15, 0.2) is 62.8 Å². The van der Waals surface area contributed by atoms with E-state index in [1.165, 1.54) is 10.7 Å². The molecule has 0 spiro atoms. The fraction of sp³-hybridized carbons (Fsp3) is 0.0714. The molecule has 0 amide bonds. The van der Waals surface area contributed by atoms with Gasteiger partial charge in [0.15, 0.2) is 5.76 Å². The van der Waals surface area contributed by atoms with E-state index in [4.69, 9.17) is 4.42 Å². The lowest BCUT2D eigenvalue weighted by Crippen LogP contribution is -2.13. The summed E-state index contributed by atoms with van der Waals surface area (Å²) >= 11 is 1.67. The Kier molecular flexibility index (Phi) is 3.05. The van der Waals surface area contributed by atoms with E-state index >= 15 is 0 Å². The molecule has 3 aromatic rings. The van der Waals surface area contributed by atoms with Crippen molar-refractivity contribution in [2.24, 2.45) is 0 Å². The quantitative estimate of drug-likeness (QED) is 0.745. The molecule has 2 aromatic heterocycles. The molecule has 0 radical (unpaired) electrons. The molecule has 2 heterocycles. The van der Waals surface area contributed by atoms with Crippen LogP contribution in [0.25, 0.3) is 17.1 Å². The molecule has 1 N–H and O–H groups in total. The Balaban J connectivity index is 2.03. The first-order valence-electron chi connectivity index (χ1n) is 5.78. The second-order valence-corrected chi connectivity index (χ2v) is 4.90. The maximum Gasteiger partial charge on any atom is 0.271 e. The Morgan fingerprint density at radius 3 is 2.63 bits per heavy atom. The summed E-state index contributed by atoms with van der Waals surface area (Å²) in [7, 11) is 0. The summed E-state index contributed by atoms with van der Waals surface area (Å²) in [6.45, 7) is 0. The third kappa shape index (κ3) is 2.24. The average Bonchev–Trinajstić information content (AvgIpc) is 3.08. The van der Waals surface area contributed by atoms with Gasteiger partial charge >= 0.3 is 0 Å². The topological polar surface area (TPSA) is 50.9 Å². The molecule has 0 saturated heterocycles. The molecule has 0 bridgehead atoms. The van der Waals surface area contributed by atoms with Crippen LogP contribution in [0, 0.1) is 0 Å². The van der Waals surface area contributed by atoms with Crippen molar-refractivity contribution >= 4 is 11.8 Å². The van der Waals surface area contributed by atoms with E-state index in [9.17, 15) is 4.79 Å². The van der Waals surface area contributed by atoms with E-state index in [1.807, 2.05) is 36.6 Å². The predicted octanol–water partition coefficient (Wildman–Crippen LogP) is 3.15. The zero-order valence-corrected chi connectivity index (χ0v) is 11.1. The van der Waals surface area contributed by atoms with Crippen LogP contribution >= 0.6 is 11.8 Å². The smallest absolute Gasteiger partial charge is 0.271 e. The molecule has 0 fully saturated rings. The van der Waals surface area contributed by atoms with E-state index in [2.05, 4.69) is 5.10 Å². The monoisotopic (exact) mass is 272 g/mol. The Bertz CT molecular complexity index is 724. The van der Waals surface area contributed by atoms with Gasteiger partial charge in [-0.25, -0.2) is 4.68 Å². The van der Waals surface area contributed by atoms with Crippen LogP contribution < -0.4 is 5.56 Å². The summed E-state index contributed by atoms with van der Waals surface area (Å²) in [5.41, 5.74) is 1.37. The Labute approximate surface area is 114 Å². The largest absolute Gasteiger partial charge is 0.463 e. The highest BCUT2D eigenvalue weighted by Gasteiger charge is 2.08. The highest BCUT2D eigenvalue weighted by atomic mass is 32.2. The van der Waals surface area contributed by atoms with Crippen LogP contribution in [-0.4, -0.2) is 16.0 Å². The van der Waals surface area contributed by atoms with Gasteiger partial charge in [0.05, 0.1) is 12.0 Å². The first-order chi connectivity index (χ1) is 9.28. The van der Waals surface area contributed by atoms with E-state index in [0.29, 0.717) is 11.5 Å². The molecule has 0 aliphatic heterocycles. The fourth-order valence-corrected chi connectivity index (χ4v) is 2.29. The SMILES string of the molecule is CSc1ccc(-n2[nH]c(-c3ccco3)cc2=O)cc1. The summed E-state index contributed by atoms with van der Waals surface area (Å²) in [5.74, 6) is 0.650. The molecule has 0 atom stereocenters. The van der Waals surface area contributed by atoms with E-state index in [1.54, 1.807) is 24.1 Å². The number of benzene rings is 1. The maximum atomic E-state index is 12.0. The van der Waals surface area contributed by atoms with Gasteiger partial charge in [0.1, 0.15) is 5.69 Å². The number of hydrogen-bond donors (Lipinski definition) is 1. The summed E-state index contributed by atoms with van der Waals surface area (Å²) < 4.78 is 6.78. The number of thioether (sulfide) groups is 1. The van der Waals surface area contributed by atoms with Crippen LogP contribution in [0.2, 0.25) is 0 Å². The lowest BCUT2D eigenvalue weighted by molar-refractivity contribution is 0.579. The predicted molar refractivity (Wildman–Crippen MR) is 75.9 cm³/mol. The second kappa shape index (κ2) is 4.85. The molecular weight excluding hydrogens is 260 g/mol. The molecule has 0 aliphatic rings. The fourth-order valence-electron chi connectivity index (χ4n) is 1.88. The number of aromatic nitrogens is 2. The standard InChI is InChI=1S/C14H12N2O2S/c1-19-11-6-4-10(5-7-11)16-14(17)9-12(15-16)13-3-2-8-18-13/h2-9,15H,1H3. The number of furan rings is 1. The van der Waals surface area contributed by atoms with Gasteiger partial charge in [0.25, 0.3) is 5.56 Å². The van der Waals surface area contributed by atoms with Crippen molar-refractivity contribution in [3.8, 4) is 17.1 Å². The zero-order valence-electron chi connectivity index (χ0n) is 10.3. The van der Waals surface area contributed by atoms with Crippen LogP contribution in [0.5, 0.6) is 0 Å². The van der Waals surface area contributed by atoms with Gasteiger partial charge in [0.2, 0.25) is 0 Å². The highest BCUT2D eigenvalue weighted by Crippen LogP contribution is 2.18. The molecule has 0 aliphatic carbocycles. The number of aromatic amines is 1. The van der Waals surface area contributed by atoms with Crippen molar-refractivity contribution in [3.05, 3.63) is 59.1 Å². The van der Waals surface area contributed by atoms with E-state index < -0.39 is 0 Å². The maximum absolute atomic E-state index is 12.0. The molecule has 0 saturated carbocycles.